The monoisotopic (exact) mass is 319 g/mol. The van der Waals surface area contributed by atoms with Crippen LogP contribution in [0.25, 0.3) is 16.5 Å². The Morgan fingerprint density at radius 1 is 1.25 bits per heavy atom. The standard InChI is InChI=1S/C18H14FN5/c19-13-1-2-14-15(11-23-16(14)9-13)12-3-7-24(8-4-12)18-17(10-20)21-5-6-22-18/h1-3,5-6,9,11,23H,4,7-8H2. The van der Waals surface area contributed by atoms with Gasteiger partial charge in [-0.15, -0.1) is 0 Å². The van der Waals surface area contributed by atoms with Crippen LogP contribution in [0.4, 0.5) is 10.2 Å². The van der Waals surface area contributed by atoms with E-state index in [9.17, 15) is 4.39 Å². The summed E-state index contributed by atoms with van der Waals surface area (Å²) in [6.07, 6.45) is 8.01. The number of H-pyrrole nitrogens is 1. The van der Waals surface area contributed by atoms with Crippen LogP contribution in [0.5, 0.6) is 0 Å². The van der Waals surface area contributed by atoms with Crippen molar-refractivity contribution in [2.24, 2.45) is 0 Å². The van der Waals surface area contributed by atoms with Crippen molar-refractivity contribution in [1.82, 2.24) is 15.0 Å². The summed E-state index contributed by atoms with van der Waals surface area (Å²) in [5.74, 6) is 0.377. The number of hydrogen-bond acceptors (Lipinski definition) is 4. The molecular weight excluding hydrogens is 305 g/mol. The summed E-state index contributed by atoms with van der Waals surface area (Å²) in [5.41, 5.74) is 3.46. The average Bonchev–Trinajstić information content (AvgIpc) is 3.04. The average molecular weight is 319 g/mol. The molecule has 1 aliphatic rings. The third-order valence-electron chi connectivity index (χ3n) is 4.28. The van der Waals surface area contributed by atoms with E-state index in [1.54, 1.807) is 12.3 Å². The molecule has 0 bridgehead atoms. The molecule has 0 atom stereocenters. The van der Waals surface area contributed by atoms with Crippen molar-refractivity contribution in [3.05, 3.63) is 59.9 Å². The molecular formula is C18H14FN5. The highest BCUT2D eigenvalue weighted by atomic mass is 19.1. The van der Waals surface area contributed by atoms with Gasteiger partial charge in [-0.2, -0.15) is 5.26 Å². The Morgan fingerprint density at radius 2 is 2.12 bits per heavy atom. The number of nitrogens with one attached hydrogen (secondary N) is 1. The highest BCUT2D eigenvalue weighted by Gasteiger charge is 2.19. The van der Waals surface area contributed by atoms with Gasteiger partial charge in [0.15, 0.2) is 11.5 Å². The summed E-state index contributed by atoms with van der Waals surface area (Å²) in [4.78, 5) is 13.5. The first kappa shape index (κ1) is 14.4. The van der Waals surface area contributed by atoms with E-state index in [1.807, 2.05) is 11.1 Å². The van der Waals surface area contributed by atoms with E-state index >= 15 is 0 Å². The molecule has 4 rings (SSSR count). The third-order valence-corrected chi connectivity index (χ3v) is 4.28. The van der Waals surface area contributed by atoms with E-state index < -0.39 is 0 Å². The lowest BCUT2D eigenvalue weighted by atomic mass is 9.99. The van der Waals surface area contributed by atoms with E-state index in [4.69, 9.17) is 5.26 Å². The van der Waals surface area contributed by atoms with Gasteiger partial charge in [0.2, 0.25) is 0 Å². The summed E-state index contributed by atoms with van der Waals surface area (Å²) in [6, 6.07) is 6.88. The maximum atomic E-state index is 13.3. The van der Waals surface area contributed by atoms with Crippen LogP contribution in [0.3, 0.4) is 0 Å². The van der Waals surface area contributed by atoms with Gasteiger partial charge in [0.05, 0.1) is 0 Å². The minimum Gasteiger partial charge on any atom is -0.360 e. The SMILES string of the molecule is N#Cc1nccnc1N1CC=C(c2c[nH]c3cc(F)ccc23)CC1. The molecule has 0 saturated carbocycles. The molecule has 118 valence electrons. The van der Waals surface area contributed by atoms with Crippen molar-refractivity contribution in [2.45, 2.75) is 6.42 Å². The molecule has 0 saturated heterocycles. The van der Waals surface area contributed by atoms with Crippen molar-refractivity contribution < 1.29 is 4.39 Å². The first-order chi connectivity index (χ1) is 11.8. The molecule has 5 nitrogen and oxygen atoms in total. The van der Waals surface area contributed by atoms with Crippen LogP contribution in [0.1, 0.15) is 17.7 Å². The Bertz CT molecular complexity index is 982. The van der Waals surface area contributed by atoms with E-state index in [0.29, 0.717) is 18.1 Å². The molecule has 6 heteroatoms. The molecule has 1 aliphatic heterocycles. The van der Waals surface area contributed by atoms with Gasteiger partial charge in [0.1, 0.15) is 11.9 Å². The van der Waals surface area contributed by atoms with Gasteiger partial charge in [0.25, 0.3) is 0 Å². The topological polar surface area (TPSA) is 68.6 Å². The number of benzene rings is 1. The number of rotatable bonds is 2. The van der Waals surface area contributed by atoms with Gasteiger partial charge < -0.3 is 9.88 Å². The Labute approximate surface area is 138 Å². The normalized spacial score (nSPS) is 14.5. The number of hydrogen-bond donors (Lipinski definition) is 1. The number of aromatic nitrogens is 3. The number of fused-ring (bicyclic) bond motifs is 1. The highest BCUT2D eigenvalue weighted by Crippen LogP contribution is 2.30. The molecule has 1 aromatic carbocycles. The van der Waals surface area contributed by atoms with Crippen molar-refractivity contribution >= 4 is 22.3 Å². The molecule has 0 unspecified atom stereocenters. The molecule has 3 aromatic rings. The first-order valence-electron chi connectivity index (χ1n) is 7.68. The van der Waals surface area contributed by atoms with Crippen LogP contribution >= 0.6 is 0 Å². The minimum atomic E-state index is -0.244. The van der Waals surface area contributed by atoms with Crippen LogP contribution in [0, 0.1) is 17.1 Å². The smallest absolute Gasteiger partial charge is 0.183 e. The lowest BCUT2D eigenvalue weighted by molar-refractivity contribution is 0.629. The fourth-order valence-corrected chi connectivity index (χ4v) is 3.11. The highest BCUT2D eigenvalue weighted by molar-refractivity contribution is 5.93. The maximum Gasteiger partial charge on any atom is 0.183 e. The quantitative estimate of drug-likeness (QED) is 0.787. The molecule has 3 heterocycles. The zero-order valence-electron chi connectivity index (χ0n) is 12.8. The van der Waals surface area contributed by atoms with Gasteiger partial charge in [-0.3, -0.25) is 0 Å². The second kappa shape index (κ2) is 5.78. The number of nitrogens with zero attached hydrogens (tertiary/aromatic N) is 4. The molecule has 0 radical (unpaired) electrons. The van der Waals surface area contributed by atoms with E-state index in [2.05, 4.69) is 27.1 Å². The van der Waals surface area contributed by atoms with E-state index in [-0.39, 0.29) is 5.82 Å². The lowest BCUT2D eigenvalue weighted by Gasteiger charge is -2.27. The number of halogens is 1. The van der Waals surface area contributed by atoms with Crippen molar-refractivity contribution in [2.75, 3.05) is 18.0 Å². The van der Waals surface area contributed by atoms with Gasteiger partial charge in [-0.25, -0.2) is 14.4 Å². The maximum absolute atomic E-state index is 13.3. The van der Waals surface area contributed by atoms with Gasteiger partial charge in [-0.1, -0.05) is 6.08 Å². The van der Waals surface area contributed by atoms with Crippen LogP contribution in [0.2, 0.25) is 0 Å². The predicted molar refractivity (Wildman–Crippen MR) is 89.8 cm³/mol. The Balaban J connectivity index is 1.64. The summed E-state index contributed by atoms with van der Waals surface area (Å²) in [5, 5.41) is 10.2. The Hall–Kier alpha value is -3.20. The Morgan fingerprint density at radius 3 is 2.92 bits per heavy atom. The first-order valence-corrected chi connectivity index (χ1v) is 7.68. The zero-order valence-corrected chi connectivity index (χ0v) is 12.8. The number of aromatic amines is 1. The van der Waals surface area contributed by atoms with E-state index in [1.165, 1.54) is 23.9 Å². The lowest BCUT2D eigenvalue weighted by Crippen LogP contribution is -2.30. The molecule has 0 amide bonds. The number of nitriles is 1. The van der Waals surface area contributed by atoms with Crippen molar-refractivity contribution in [3.63, 3.8) is 0 Å². The summed E-state index contributed by atoms with van der Waals surface area (Å²) < 4.78 is 13.3. The molecule has 1 N–H and O–H groups in total. The number of anilines is 1. The predicted octanol–water partition coefficient (Wildman–Crippen LogP) is 3.26. The van der Waals surface area contributed by atoms with Crippen LogP contribution < -0.4 is 4.90 Å². The zero-order chi connectivity index (χ0) is 16.5. The minimum absolute atomic E-state index is 0.244. The van der Waals surface area contributed by atoms with Gasteiger partial charge >= 0.3 is 0 Å². The second-order valence-corrected chi connectivity index (χ2v) is 5.66. The van der Waals surface area contributed by atoms with Gasteiger partial charge in [-0.05, 0) is 30.2 Å². The third kappa shape index (κ3) is 2.40. The van der Waals surface area contributed by atoms with Crippen LogP contribution in [-0.2, 0) is 0 Å². The fraction of sp³-hybridized carbons (Fsp3) is 0.167. The molecule has 0 spiro atoms. The molecule has 0 fully saturated rings. The molecule has 2 aromatic heterocycles. The molecule has 0 aliphatic carbocycles. The van der Waals surface area contributed by atoms with Crippen molar-refractivity contribution in [1.29, 1.82) is 5.26 Å². The van der Waals surface area contributed by atoms with Gasteiger partial charge in [0, 0.05) is 48.1 Å². The van der Waals surface area contributed by atoms with Crippen LogP contribution in [0.15, 0.2) is 42.9 Å². The molecule has 24 heavy (non-hydrogen) atoms. The van der Waals surface area contributed by atoms with Crippen LogP contribution in [-0.4, -0.2) is 28.0 Å². The summed E-state index contributed by atoms with van der Waals surface area (Å²) in [7, 11) is 0. The van der Waals surface area contributed by atoms with E-state index in [0.717, 1.165) is 29.4 Å². The Kier molecular flexibility index (Phi) is 3.47. The van der Waals surface area contributed by atoms with Crippen molar-refractivity contribution in [3.8, 4) is 6.07 Å². The largest absolute Gasteiger partial charge is 0.360 e. The summed E-state index contributed by atoms with van der Waals surface area (Å²) in [6.45, 7) is 1.42. The second-order valence-electron chi connectivity index (χ2n) is 5.66. The summed E-state index contributed by atoms with van der Waals surface area (Å²) >= 11 is 0. The fourth-order valence-electron chi connectivity index (χ4n) is 3.11.